The van der Waals surface area contributed by atoms with Gasteiger partial charge in [-0.25, -0.2) is 4.98 Å². The van der Waals surface area contributed by atoms with Crippen molar-refractivity contribution in [3.05, 3.63) is 12.1 Å². The molecule has 9 heteroatoms. The third kappa shape index (κ3) is 3.97. The first kappa shape index (κ1) is 19.0. The molecular formula is C18H25N5O4. The lowest BCUT2D eigenvalue weighted by atomic mass is 10.2. The Morgan fingerprint density at radius 3 is 2.41 bits per heavy atom. The van der Waals surface area contributed by atoms with Crippen LogP contribution in [-0.4, -0.2) is 74.4 Å². The number of hydrogen-bond acceptors (Lipinski definition) is 8. The maximum Gasteiger partial charge on any atom is 0.248 e. The van der Waals surface area contributed by atoms with Gasteiger partial charge in [0, 0.05) is 44.2 Å². The summed E-state index contributed by atoms with van der Waals surface area (Å²) in [6.45, 7) is 4.99. The molecule has 1 aliphatic rings. The number of methoxy groups -OCH3 is 2. The maximum atomic E-state index is 12.1. The first-order valence-electron chi connectivity index (χ1n) is 8.87. The van der Waals surface area contributed by atoms with E-state index in [0.29, 0.717) is 67.0 Å². The number of piperazine rings is 1. The average molecular weight is 375 g/mol. The number of fused-ring (bicyclic) bond motifs is 1. The minimum atomic E-state index is 0.00674. The molecule has 0 unspecified atom stereocenters. The van der Waals surface area contributed by atoms with Gasteiger partial charge < -0.3 is 29.7 Å². The van der Waals surface area contributed by atoms with Gasteiger partial charge in [0.1, 0.15) is 12.4 Å². The number of carbonyl (C=O) groups excluding carboxylic acids is 1. The Morgan fingerprint density at radius 1 is 1.11 bits per heavy atom. The molecule has 0 spiro atoms. The van der Waals surface area contributed by atoms with Crippen LogP contribution in [0.4, 0.5) is 11.8 Å². The van der Waals surface area contributed by atoms with E-state index in [-0.39, 0.29) is 12.5 Å². The molecule has 1 amide bonds. The van der Waals surface area contributed by atoms with Crippen molar-refractivity contribution in [1.29, 1.82) is 0 Å². The van der Waals surface area contributed by atoms with Crippen molar-refractivity contribution >= 4 is 28.6 Å². The summed E-state index contributed by atoms with van der Waals surface area (Å²) in [5.74, 6) is 2.09. The first-order chi connectivity index (χ1) is 13.1. The van der Waals surface area contributed by atoms with Gasteiger partial charge in [-0.15, -0.1) is 0 Å². The van der Waals surface area contributed by atoms with E-state index >= 15 is 0 Å². The number of carbonyl (C=O) groups is 1. The van der Waals surface area contributed by atoms with Crippen LogP contribution in [0, 0.1) is 0 Å². The van der Waals surface area contributed by atoms with Crippen molar-refractivity contribution in [3.63, 3.8) is 0 Å². The van der Waals surface area contributed by atoms with E-state index in [0.717, 1.165) is 0 Å². The molecule has 146 valence electrons. The second-order valence-corrected chi connectivity index (χ2v) is 6.14. The van der Waals surface area contributed by atoms with Gasteiger partial charge in [0.05, 0.1) is 19.7 Å². The number of anilines is 2. The Bertz CT molecular complexity index is 821. The smallest absolute Gasteiger partial charge is 0.248 e. The molecule has 0 atom stereocenters. The monoisotopic (exact) mass is 375 g/mol. The van der Waals surface area contributed by atoms with Gasteiger partial charge in [0.2, 0.25) is 11.9 Å². The quantitative estimate of drug-likeness (QED) is 0.795. The minimum absolute atomic E-state index is 0.00674. The van der Waals surface area contributed by atoms with Crippen LogP contribution >= 0.6 is 0 Å². The Balaban J connectivity index is 1.79. The van der Waals surface area contributed by atoms with Crippen LogP contribution in [0.1, 0.15) is 6.92 Å². The summed E-state index contributed by atoms with van der Waals surface area (Å²) >= 11 is 0. The molecule has 0 saturated carbocycles. The summed E-state index contributed by atoms with van der Waals surface area (Å²) in [5.41, 5.74) is 6.84. The predicted octanol–water partition coefficient (Wildman–Crippen LogP) is 0.914. The number of benzene rings is 1. The van der Waals surface area contributed by atoms with E-state index in [2.05, 4.69) is 9.97 Å². The van der Waals surface area contributed by atoms with Crippen LogP contribution in [0.25, 0.3) is 10.9 Å². The molecule has 1 saturated heterocycles. The molecule has 0 aliphatic carbocycles. The van der Waals surface area contributed by atoms with Gasteiger partial charge in [-0.2, -0.15) is 4.98 Å². The lowest BCUT2D eigenvalue weighted by molar-refractivity contribution is -0.136. The number of hydrogen-bond donors (Lipinski definition) is 1. The van der Waals surface area contributed by atoms with E-state index in [1.54, 1.807) is 31.3 Å². The van der Waals surface area contributed by atoms with Crippen molar-refractivity contribution in [3.8, 4) is 11.5 Å². The van der Waals surface area contributed by atoms with Gasteiger partial charge in [-0.1, -0.05) is 0 Å². The molecule has 0 radical (unpaired) electrons. The minimum Gasteiger partial charge on any atom is -0.493 e. The summed E-state index contributed by atoms with van der Waals surface area (Å²) in [5, 5.41) is 0.710. The highest BCUT2D eigenvalue weighted by atomic mass is 16.5. The van der Waals surface area contributed by atoms with Crippen LogP contribution < -0.4 is 20.1 Å². The van der Waals surface area contributed by atoms with Gasteiger partial charge >= 0.3 is 0 Å². The molecule has 1 aliphatic heterocycles. The van der Waals surface area contributed by atoms with E-state index < -0.39 is 0 Å². The molecule has 2 heterocycles. The molecule has 1 fully saturated rings. The van der Waals surface area contributed by atoms with Crippen LogP contribution in [-0.2, 0) is 9.53 Å². The number of rotatable bonds is 6. The highest BCUT2D eigenvalue weighted by molar-refractivity contribution is 5.91. The largest absolute Gasteiger partial charge is 0.493 e. The number of aromatic nitrogens is 2. The molecule has 0 bridgehead atoms. The summed E-state index contributed by atoms with van der Waals surface area (Å²) in [7, 11) is 3.15. The Labute approximate surface area is 158 Å². The van der Waals surface area contributed by atoms with Crippen LogP contribution in [0.2, 0.25) is 0 Å². The molecule has 1 aromatic carbocycles. The van der Waals surface area contributed by atoms with Crippen LogP contribution in [0.15, 0.2) is 12.1 Å². The molecule has 3 rings (SSSR count). The normalized spacial score (nSPS) is 14.5. The zero-order chi connectivity index (χ0) is 19.4. The topological polar surface area (TPSA) is 103 Å². The van der Waals surface area contributed by atoms with Gasteiger partial charge in [-0.3, -0.25) is 4.79 Å². The van der Waals surface area contributed by atoms with E-state index in [9.17, 15) is 4.79 Å². The highest BCUT2D eigenvalue weighted by Gasteiger charge is 2.23. The fourth-order valence-corrected chi connectivity index (χ4v) is 3.04. The third-order valence-corrected chi connectivity index (χ3v) is 4.56. The number of nitrogens with two attached hydrogens (primary N) is 1. The maximum absolute atomic E-state index is 12.1. The zero-order valence-electron chi connectivity index (χ0n) is 15.9. The lowest BCUT2D eigenvalue weighted by Crippen LogP contribution is -2.50. The van der Waals surface area contributed by atoms with E-state index in [1.165, 1.54) is 0 Å². The average Bonchev–Trinajstić information content (AvgIpc) is 2.71. The van der Waals surface area contributed by atoms with Crippen molar-refractivity contribution in [2.45, 2.75) is 6.92 Å². The van der Waals surface area contributed by atoms with Crippen molar-refractivity contribution in [2.24, 2.45) is 0 Å². The van der Waals surface area contributed by atoms with Gasteiger partial charge in [-0.05, 0) is 13.0 Å². The molecule has 2 aromatic rings. The summed E-state index contributed by atoms with van der Waals surface area (Å²) in [4.78, 5) is 25.0. The third-order valence-electron chi connectivity index (χ3n) is 4.56. The number of ether oxygens (including phenoxy) is 3. The second kappa shape index (κ2) is 8.26. The van der Waals surface area contributed by atoms with Crippen molar-refractivity contribution < 1.29 is 19.0 Å². The summed E-state index contributed by atoms with van der Waals surface area (Å²) < 4.78 is 15.9. The fourth-order valence-electron chi connectivity index (χ4n) is 3.04. The van der Waals surface area contributed by atoms with E-state index in [1.807, 2.05) is 11.8 Å². The number of amides is 1. The predicted molar refractivity (Wildman–Crippen MR) is 102 cm³/mol. The molecule has 1 aromatic heterocycles. The van der Waals surface area contributed by atoms with E-state index in [4.69, 9.17) is 19.9 Å². The lowest BCUT2D eigenvalue weighted by Gasteiger charge is -2.34. The number of nitrogens with zero attached hydrogens (tertiary/aromatic N) is 4. The molecule has 9 nitrogen and oxygen atoms in total. The van der Waals surface area contributed by atoms with Crippen molar-refractivity contribution in [1.82, 2.24) is 14.9 Å². The summed E-state index contributed by atoms with van der Waals surface area (Å²) in [6.07, 6.45) is 0. The Hall–Kier alpha value is -2.81. The van der Waals surface area contributed by atoms with Crippen LogP contribution in [0.5, 0.6) is 11.5 Å². The summed E-state index contributed by atoms with van der Waals surface area (Å²) in [6, 6.07) is 3.56. The Morgan fingerprint density at radius 2 is 1.78 bits per heavy atom. The van der Waals surface area contributed by atoms with Crippen molar-refractivity contribution in [2.75, 3.05) is 64.2 Å². The van der Waals surface area contributed by atoms with Gasteiger partial charge in [0.15, 0.2) is 11.5 Å². The van der Waals surface area contributed by atoms with Gasteiger partial charge in [0.25, 0.3) is 0 Å². The molecule has 2 N–H and O–H groups in total. The fraction of sp³-hybridized carbons (Fsp3) is 0.500. The molecular weight excluding hydrogens is 350 g/mol. The van der Waals surface area contributed by atoms with Crippen LogP contribution in [0.3, 0.4) is 0 Å². The SMILES string of the molecule is CCOCC(=O)N1CCN(c2nc(N)c3cc(OC)c(OC)cc3n2)CC1. The zero-order valence-corrected chi connectivity index (χ0v) is 15.9. The standard InChI is InChI=1S/C18H25N5O4/c1-4-27-11-16(24)22-5-7-23(8-6-22)18-20-13-10-15(26-3)14(25-2)9-12(13)17(19)21-18/h9-10H,4-8,11H2,1-3H3,(H2,19,20,21). The highest BCUT2D eigenvalue weighted by Crippen LogP contribution is 2.34. The first-order valence-corrected chi connectivity index (χ1v) is 8.87. The second-order valence-electron chi connectivity index (χ2n) is 6.14. The number of nitrogen functional groups attached to an aromatic ring is 1. The molecule has 27 heavy (non-hydrogen) atoms. The Kier molecular flexibility index (Phi) is 5.80.